The standard InChI is InChI=1S/C15H17N3OS.ClH/c16-12-4-1-11(9-12)14(19)18-13-5-2-10(3-6-13)15-17-7-8-20-15;/h2-3,5-8,11-12H,1,4,9,16H2,(H,18,19);1H. The lowest BCUT2D eigenvalue weighted by atomic mass is 10.1. The van der Waals surface area contributed by atoms with Crippen molar-refractivity contribution in [2.45, 2.75) is 25.3 Å². The van der Waals surface area contributed by atoms with Gasteiger partial charge in [0.05, 0.1) is 0 Å². The van der Waals surface area contributed by atoms with Crippen LogP contribution in [0.4, 0.5) is 5.69 Å². The summed E-state index contributed by atoms with van der Waals surface area (Å²) in [6.07, 6.45) is 4.42. The average molecular weight is 324 g/mol. The van der Waals surface area contributed by atoms with Gasteiger partial charge < -0.3 is 11.1 Å². The van der Waals surface area contributed by atoms with Crippen molar-refractivity contribution >= 4 is 35.3 Å². The number of nitrogens with zero attached hydrogens (tertiary/aromatic N) is 1. The van der Waals surface area contributed by atoms with Gasteiger partial charge in [-0.3, -0.25) is 4.79 Å². The molecule has 0 aliphatic heterocycles. The fourth-order valence-corrected chi connectivity index (χ4v) is 3.21. The molecule has 1 heterocycles. The highest BCUT2D eigenvalue weighted by atomic mass is 35.5. The molecular weight excluding hydrogens is 306 g/mol. The van der Waals surface area contributed by atoms with Crippen molar-refractivity contribution in [1.82, 2.24) is 4.98 Å². The molecule has 1 saturated carbocycles. The molecule has 0 spiro atoms. The van der Waals surface area contributed by atoms with Crippen LogP contribution in [0.2, 0.25) is 0 Å². The van der Waals surface area contributed by atoms with Crippen molar-refractivity contribution in [3.63, 3.8) is 0 Å². The van der Waals surface area contributed by atoms with Crippen LogP contribution in [0.1, 0.15) is 19.3 Å². The Balaban J connectivity index is 0.00000161. The van der Waals surface area contributed by atoms with E-state index >= 15 is 0 Å². The highest BCUT2D eigenvalue weighted by molar-refractivity contribution is 7.13. The SMILES string of the molecule is Cl.NC1CCC(C(=O)Nc2ccc(-c3nccs3)cc2)C1. The summed E-state index contributed by atoms with van der Waals surface area (Å²) in [5, 5.41) is 5.91. The minimum Gasteiger partial charge on any atom is -0.328 e. The predicted molar refractivity (Wildman–Crippen MR) is 88.7 cm³/mol. The summed E-state index contributed by atoms with van der Waals surface area (Å²) in [6, 6.07) is 7.98. The second-order valence-electron chi connectivity index (χ2n) is 5.17. The van der Waals surface area contributed by atoms with Crippen molar-refractivity contribution in [3.8, 4) is 10.6 Å². The maximum atomic E-state index is 12.1. The van der Waals surface area contributed by atoms with Gasteiger partial charge in [0.2, 0.25) is 5.91 Å². The first-order valence-electron chi connectivity index (χ1n) is 6.79. The third-order valence-electron chi connectivity index (χ3n) is 3.68. The number of benzene rings is 1. The number of carbonyl (C=O) groups is 1. The molecule has 0 radical (unpaired) electrons. The number of nitrogens with two attached hydrogens (primary N) is 1. The van der Waals surface area contributed by atoms with Gasteiger partial charge >= 0.3 is 0 Å². The van der Waals surface area contributed by atoms with Gasteiger partial charge in [0.1, 0.15) is 5.01 Å². The molecule has 21 heavy (non-hydrogen) atoms. The third-order valence-corrected chi connectivity index (χ3v) is 4.50. The molecule has 1 amide bonds. The number of halogens is 1. The van der Waals surface area contributed by atoms with Crippen molar-refractivity contribution in [2.24, 2.45) is 11.7 Å². The van der Waals surface area contributed by atoms with Gasteiger partial charge in [-0.1, -0.05) is 0 Å². The quantitative estimate of drug-likeness (QED) is 0.910. The third kappa shape index (κ3) is 3.81. The number of anilines is 1. The van der Waals surface area contributed by atoms with Crippen molar-refractivity contribution in [1.29, 1.82) is 0 Å². The summed E-state index contributed by atoms with van der Waals surface area (Å²) < 4.78 is 0. The van der Waals surface area contributed by atoms with Gasteiger partial charge in [0.25, 0.3) is 0 Å². The number of hydrogen-bond donors (Lipinski definition) is 2. The van der Waals surface area contributed by atoms with E-state index in [1.165, 1.54) is 0 Å². The van der Waals surface area contributed by atoms with Crippen molar-refractivity contribution in [3.05, 3.63) is 35.8 Å². The Labute approximate surface area is 134 Å². The first-order chi connectivity index (χ1) is 9.72. The smallest absolute Gasteiger partial charge is 0.227 e. The van der Waals surface area contributed by atoms with E-state index in [-0.39, 0.29) is 30.3 Å². The van der Waals surface area contributed by atoms with E-state index in [0.29, 0.717) is 0 Å². The largest absolute Gasteiger partial charge is 0.328 e. The van der Waals surface area contributed by atoms with Crippen molar-refractivity contribution in [2.75, 3.05) is 5.32 Å². The topological polar surface area (TPSA) is 68.0 Å². The minimum atomic E-state index is 0. The molecule has 3 N–H and O–H groups in total. The van der Waals surface area contributed by atoms with E-state index in [2.05, 4.69) is 10.3 Å². The molecule has 2 unspecified atom stereocenters. The fourth-order valence-electron chi connectivity index (χ4n) is 2.56. The lowest BCUT2D eigenvalue weighted by Crippen LogP contribution is -2.23. The Morgan fingerprint density at radius 2 is 2.05 bits per heavy atom. The molecule has 0 bridgehead atoms. The lowest BCUT2D eigenvalue weighted by Gasteiger charge is -2.11. The van der Waals surface area contributed by atoms with Crippen molar-refractivity contribution < 1.29 is 4.79 Å². The number of amides is 1. The number of aromatic nitrogens is 1. The summed E-state index contributed by atoms with van der Waals surface area (Å²) in [5.74, 6) is 0.142. The van der Waals surface area contributed by atoms with Crippen LogP contribution in [0.3, 0.4) is 0 Å². The second kappa shape index (κ2) is 7.02. The Kier molecular flexibility index (Phi) is 5.33. The van der Waals surface area contributed by atoms with E-state index in [1.54, 1.807) is 17.5 Å². The molecule has 1 fully saturated rings. The predicted octanol–water partition coefficient (Wildman–Crippen LogP) is 3.30. The van der Waals surface area contributed by atoms with Crippen LogP contribution in [0, 0.1) is 5.92 Å². The van der Waals surface area contributed by atoms with Crippen LogP contribution < -0.4 is 11.1 Å². The van der Waals surface area contributed by atoms with Gasteiger partial charge in [-0.25, -0.2) is 4.98 Å². The minimum absolute atomic E-state index is 0. The molecule has 2 atom stereocenters. The molecule has 6 heteroatoms. The molecule has 4 nitrogen and oxygen atoms in total. The highest BCUT2D eigenvalue weighted by Gasteiger charge is 2.27. The van der Waals surface area contributed by atoms with E-state index in [9.17, 15) is 4.79 Å². The molecule has 1 aromatic heterocycles. The molecule has 1 aliphatic rings. The molecular formula is C15H18ClN3OS. The molecule has 2 aromatic rings. The molecule has 1 aliphatic carbocycles. The molecule has 1 aromatic carbocycles. The van der Waals surface area contributed by atoms with Gasteiger partial charge in [0, 0.05) is 34.8 Å². The van der Waals surface area contributed by atoms with Gasteiger partial charge in [-0.2, -0.15) is 0 Å². The summed E-state index contributed by atoms with van der Waals surface area (Å²) in [4.78, 5) is 16.4. The zero-order chi connectivity index (χ0) is 13.9. The van der Waals surface area contributed by atoms with E-state index < -0.39 is 0 Å². The molecule has 112 valence electrons. The van der Waals surface area contributed by atoms with Crippen LogP contribution in [-0.2, 0) is 4.79 Å². The number of rotatable bonds is 3. The number of hydrogen-bond acceptors (Lipinski definition) is 4. The van der Waals surface area contributed by atoms with Crippen LogP contribution in [-0.4, -0.2) is 16.9 Å². The monoisotopic (exact) mass is 323 g/mol. The Morgan fingerprint density at radius 3 is 2.62 bits per heavy atom. The average Bonchev–Trinajstić information content (AvgIpc) is 3.10. The first-order valence-corrected chi connectivity index (χ1v) is 7.67. The Hall–Kier alpha value is -1.43. The lowest BCUT2D eigenvalue weighted by molar-refractivity contribution is -0.119. The normalized spacial score (nSPS) is 20.8. The first kappa shape index (κ1) is 15.9. The zero-order valence-corrected chi connectivity index (χ0v) is 13.1. The fraction of sp³-hybridized carbons (Fsp3) is 0.333. The van der Waals surface area contributed by atoms with Crippen LogP contribution in [0.25, 0.3) is 10.6 Å². The van der Waals surface area contributed by atoms with E-state index in [4.69, 9.17) is 5.73 Å². The van der Waals surface area contributed by atoms with Crippen LogP contribution in [0.15, 0.2) is 35.8 Å². The van der Waals surface area contributed by atoms with Gasteiger partial charge in [0.15, 0.2) is 0 Å². The maximum absolute atomic E-state index is 12.1. The van der Waals surface area contributed by atoms with E-state index in [0.717, 1.165) is 35.5 Å². The summed E-state index contributed by atoms with van der Waals surface area (Å²) in [6.45, 7) is 0. The summed E-state index contributed by atoms with van der Waals surface area (Å²) in [7, 11) is 0. The zero-order valence-electron chi connectivity index (χ0n) is 11.5. The number of carbonyl (C=O) groups excluding carboxylic acids is 1. The number of thiazole rings is 1. The second-order valence-corrected chi connectivity index (χ2v) is 6.07. The van der Waals surface area contributed by atoms with Gasteiger partial charge in [-0.05, 0) is 43.5 Å². The Morgan fingerprint density at radius 1 is 1.29 bits per heavy atom. The highest BCUT2D eigenvalue weighted by Crippen LogP contribution is 2.27. The number of nitrogens with one attached hydrogen (secondary N) is 1. The van der Waals surface area contributed by atoms with E-state index in [1.807, 2.05) is 29.6 Å². The summed E-state index contributed by atoms with van der Waals surface area (Å²) >= 11 is 1.60. The summed E-state index contributed by atoms with van der Waals surface area (Å²) in [5.41, 5.74) is 7.74. The molecule has 0 saturated heterocycles. The van der Waals surface area contributed by atoms with Crippen LogP contribution >= 0.6 is 23.7 Å². The van der Waals surface area contributed by atoms with Crippen LogP contribution in [0.5, 0.6) is 0 Å². The van der Waals surface area contributed by atoms with Gasteiger partial charge in [-0.15, -0.1) is 23.7 Å². The Bertz CT molecular complexity index is 585. The molecule has 3 rings (SSSR count). The maximum Gasteiger partial charge on any atom is 0.227 e.